The molecule has 0 aromatic heterocycles. The third kappa shape index (κ3) is 4.99. The predicted molar refractivity (Wildman–Crippen MR) is 78.5 cm³/mol. The maximum absolute atomic E-state index is 12.1. The van der Waals surface area contributed by atoms with Gasteiger partial charge in [-0.15, -0.1) is 12.4 Å². The Labute approximate surface area is 122 Å². The summed E-state index contributed by atoms with van der Waals surface area (Å²) >= 11 is 0. The summed E-state index contributed by atoms with van der Waals surface area (Å²) in [6, 6.07) is -0.335. The Hall–Kier alpha value is -0.810. The van der Waals surface area contributed by atoms with Gasteiger partial charge in [0.05, 0.1) is 12.5 Å². The Kier molecular flexibility index (Phi) is 8.76. The van der Waals surface area contributed by atoms with E-state index in [-0.39, 0.29) is 36.7 Å². The highest BCUT2D eigenvalue weighted by molar-refractivity contribution is 5.89. The van der Waals surface area contributed by atoms with Crippen molar-refractivity contribution in [2.45, 2.75) is 39.7 Å². The third-order valence-corrected chi connectivity index (χ3v) is 3.37. The van der Waals surface area contributed by atoms with Crippen LogP contribution in [0.1, 0.15) is 33.6 Å². The largest absolute Gasteiger partial charge is 0.343 e. The maximum Gasteiger partial charge on any atom is 0.240 e. The molecule has 0 aromatic rings. The second-order valence-electron chi connectivity index (χ2n) is 4.60. The molecule has 19 heavy (non-hydrogen) atoms. The van der Waals surface area contributed by atoms with Crippen LogP contribution >= 0.6 is 12.4 Å². The van der Waals surface area contributed by atoms with E-state index in [2.05, 4.69) is 12.2 Å². The highest BCUT2D eigenvalue weighted by atomic mass is 35.5. The number of carbonyl (C=O) groups is 2. The molecule has 1 N–H and O–H groups in total. The van der Waals surface area contributed by atoms with Crippen LogP contribution in [-0.4, -0.2) is 60.4 Å². The van der Waals surface area contributed by atoms with Crippen LogP contribution in [0.25, 0.3) is 0 Å². The molecule has 5 nitrogen and oxygen atoms in total. The van der Waals surface area contributed by atoms with Crippen LogP contribution in [0.2, 0.25) is 0 Å². The molecule has 1 aliphatic rings. The lowest BCUT2D eigenvalue weighted by Crippen LogP contribution is -2.56. The van der Waals surface area contributed by atoms with Gasteiger partial charge in [-0.1, -0.05) is 6.92 Å². The number of piperazine rings is 1. The van der Waals surface area contributed by atoms with Crippen LogP contribution in [0, 0.1) is 0 Å². The quantitative estimate of drug-likeness (QED) is 0.790. The van der Waals surface area contributed by atoms with Crippen LogP contribution in [0.4, 0.5) is 0 Å². The molecule has 0 radical (unpaired) electrons. The van der Waals surface area contributed by atoms with Crippen molar-refractivity contribution < 1.29 is 9.59 Å². The first-order chi connectivity index (χ1) is 8.63. The van der Waals surface area contributed by atoms with E-state index >= 15 is 0 Å². The van der Waals surface area contributed by atoms with Crippen LogP contribution in [0.5, 0.6) is 0 Å². The summed E-state index contributed by atoms with van der Waals surface area (Å²) in [5.74, 6) is 0.132. The zero-order valence-corrected chi connectivity index (χ0v) is 13.0. The van der Waals surface area contributed by atoms with Crippen molar-refractivity contribution in [3.63, 3.8) is 0 Å². The van der Waals surface area contributed by atoms with Crippen LogP contribution < -0.4 is 5.32 Å². The van der Waals surface area contributed by atoms with Crippen molar-refractivity contribution in [2.24, 2.45) is 0 Å². The van der Waals surface area contributed by atoms with Gasteiger partial charge in [0.25, 0.3) is 0 Å². The van der Waals surface area contributed by atoms with Crippen LogP contribution in [0.15, 0.2) is 0 Å². The minimum atomic E-state index is -0.335. The van der Waals surface area contributed by atoms with Gasteiger partial charge in [0.2, 0.25) is 11.8 Å². The van der Waals surface area contributed by atoms with E-state index in [1.54, 1.807) is 4.90 Å². The average Bonchev–Trinajstić information content (AvgIpc) is 2.36. The highest BCUT2D eigenvalue weighted by Gasteiger charge is 2.30. The van der Waals surface area contributed by atoms with E-state index in [0.717, 1.165) is 26.1 Å². The van der Waals surface area contributed by atoms with Crippen molar-refractivity contribution in [1.82, 2.24) is 15.1 Å². The van der Waals surface area contributed by atoms with Gasteiger partial charge in [-0.05, 0) is 20.3 Å². The summed E-state index contributed by atoms with van der Waals surface area (Å²) < 4.78 is 0. The van der Waals surface area contributed by atoms with E-state index in [9.17, 15) is 9.59 Å². The normalized spacial score (nSPS) is 19.0. The van der Waals surface area contributed by atoms with Crippen molar-refractivity contribution in [2.75, 3.05) is 32.7 Å². The van der Waals surface area contributed by atoms with Gasteiger partial charge in [0.1, 0.15) is 0 Å². The van der Waals surface area contributed by atoms with Crippen molar-refractivity contribution >= 4 is 24.2 Å². The van der Waals surface area contributed by atoms with Crippen molar-refractivity contribution in [3.8, 4) is 0 Å². The molecule has 1 heterocycles. The molecule has 0 aliphatic carbocycles. The molecule has 6 heteroatoms. The predicted octanol–water partition coefficient (Wildman–Crippen LogP) is 0.877. The lowest BCUT2D eigenvalue weighted by atomic mass is 10.1. The number of nitrogens with zero attached hydrogens (tertiary/aromatic N) is 2. The minimum Gasteiger partial charge on any atom is -0.343 e. The van der Waals surface area contributed by atoms with Gasteiger partial charge in [-0.3, -0.25) is 9.59 Å². The Bertz CT molecular complexity index is 294. The number of carbonyl (C=O) groups excluding carboxylic acids is 2. The summed E-state index contributed by atoms with van der Waals surface area (Å²) in [6.45, 7) is 9.71. The Morgan fingerprint density at radius 1 is 1.37 bits per heavy atom. The molecular weight excluding hydrogens is 266 g/mol. The van der Waals surface area contributed by atoms with Gasteiger partial charge >= 0.3 is 0 Å². The molecule has 1 fully saturated rings. The number of amides is 2. The molecule has 0 bridgehead atoms. The van der Waals surface area contributed by atoms with Crippen molar-refractivity contribution in [3.05, 3.63) is 0 Å². The molecular formula is C13H26ClN3O2. The topological polar surface area (TPSA) is 52.7 Å². The van der Waals surface area contributed by atoms with E-state index < -0.39 is 0 Å². The lowest BCUT2D eigenvalue weighted by Gasteiger charge is -2.33. The van der Waals surface area contributed by atoms with Crippen LogP contribution in [-0.2, 0) is 9.59 Å². The average molecular weight is 292 g/mol. The van der Waals surface area contributed by atoms with Gasteiger partial charge in [-0.2, -0.15) is 0 Å². The summed E-state index contributed by atoms with van der Waals surface area (Å²) in [7, 11) is 0. The summed E-state index contributed by atoms with van der Waals surface area (Å²) in [5.41, 5.74) is 0. The SMILES string of the molecule is CCCN1CCNC(CC(=O)N(CC)CC)C1=O.Cl. The fourth-order valence-electron chi connectivity index (χ4n) is 2.32. The second kappa shape index (κ2) is 9.15. The van der Waals surface area contributed by atoms with E-state index in [4.69, 9.17) is 0 Å². The molecule has 2 amide bonds. The molecule has 1 unspecified atom stereocenters. The number of nitrogens with one attached hydrogen (secondary N) is 1. The fourth-order valence-corrected chi connectivity index (χ4v) is 2.32. The number of hydrogen-bond acceptors (Lipinski definition) is 3. The highest BCUT2D eigenvalue weighted by Crippen LogP contribution is 2.08. The first kappa shape index (κ1) is 18.2. The summed E-state index contributed by atoms with van der Waals surface area (Å²) in [4.78, 5) is 27.8. The fraction of sp³-hybridized carbons (Fsp3) is 0.846. The number of rotatable bonds is 6. The van der Waals surface area contributed by atoms with Gasteiger partial charge in [-0.25, -0.2) is 0 Å². The van der Waals surface area contributed by atoms with Gasteiger partial charge in [0.15, 0.2) is 0 Å². The standard InChI is InChI=1S/C13H25N3O2.ClH/c1-4-8-16-9-7-14-11(13(16)18)10-12(17)15(5-2)6-3;/h11,14H,4-10H2,1-3H3;1H. The van der Waals surface area contributed by atoms with Gasteiger partial charge in [0, 0.05) is 32.7 Å². The lowest BCUT2D eigenvalue weighted by molar-refractivity contribution is -0.140. The summed E-state index contributed by atoms with van der Waals surface area (Å²) in [5, 5.41) is 3.15. The Morgan fingerprint density at radius 2 is 2.00 bits per heavy atom. The first-order valence-electron chi connectivity index (χ1n) is 6.93. The maximum atomic E-state index is 12.1. The van der Waals surface area contributed by atoms with Crippen LogP contribution in [0.3, 0.4) is 0 Å². The zero-order valence-electron chi connectivity index (χ0n) is 12.1. The molecule has 1 rings (SSSR count). The minimum absolute atomic E-state index is 0. The molecule has 112 valence electrons. The zero-order chi connectivity index (χ0) is 13.5. The molecule has 0 aromatic carbocycles. The monoisotopic (exact) mass is 291 g/mol. The Balaban J connectivity index is 0.00000324. The number of hydrogen-bond donors (Lipinski definition) is 1. The number of halogens is 1. The molecule has 1 saturated heterocycles. The van der Waals surface area contributed by atoms with E-state index in [0.29, 0.717) is 13.1 Å². The first-order valence-corrected chi connectivity index (χ1v) is 6.93. The molecule has 1 atom stereocenters. The molecule has 0 saturated carbocycles. The second-order valence-corrected chi connectivity index (χ2v) is 4.60. The van der Waals surface area contributed by atoms with E-state index in [1.807, 2.05) is 18.7 Å². The van der Waals surface area contributed by atoms with Gasteiger partial charge < -0.3 is 15.1 Å². The molecule has 0 spiro atoms. The van der Waals surface area contributed by atoms with E-state index in [1.165, 1.54) is 0 Å². The smallest absolute Gasteiger partial charge is 0.240 e. The molecule has 1 aliphatic heterocycles. The Morgan fingerprint density at radius 3 is 2.53 bits per heavy atom. The third-order valence-electron chi connectivity index (χ3n) is 3.37. The summed E-state index contributed by atoms with van der Waals surface area (Å²) in [6.07, 6.45) is 1.24. The van der Waals surface area contributed by atoms with Crippen molar-refractivity contribution in [1.29, 1.82) is 0 Å².